The number of sulfonamides is 1. The predicted octanol–water partition coefficient (Wildman–Crippen LogP) is 0.906. The fraction of sp³-hybridized carbons (Fsp3) is 0.125. The van der Waals surface area contributed by atoms with E-state index in [2.05, 4.69) is 14.7 Å². The molecule has 0 spiro atoms. The van der Waals surface area contributed by atoms with Gasteiger partial charge in [0.2, 0.25) is 10.0 Å². The molecule has 0 aliphatic carbocycles. The number of amides is 1. The predicted molar refractivity (Wildman–Crippen MR) is 91.3 cm³/mol. The van der Waals surface area contributed by atoms with Gasteiger partial charge in [0.1, 0.15) is 11.6 Å². The highest BCUT2D eigenvalue weighted by atomic mass is 32.2. The minimum Gasteiger partial charge on any atom is -0.484 e. The number of nitrogens with zero attached hydrogens (tertiary/aromatic N) is 1. The molecular weight excluding hydrogens is 344 g/mol. The lowest BCUT2D eigenvalue weighted by atomic mass is 10.3. The van der Waals surface area contributed by atoms with Crippen LogP contribution in [0.2, 0.25) is 0 Å². The summed E-state index contributed by atoms with van der Waals surface area (Å²) in [6, 6.07) is 13.1. The van der Waals surface area contributed by atoms with Crippen LogP contribution in [0.5, 0.6) is 5.75 Å². The lowest BCUT2D eigenvalue weighted by Crippen LogP contribution is -2.24. The summed E-state index contributed by atoms with van der Waals surface area (Å²) in [5.74, 6) is 0.269. The van der Waals surface area contributed by atoms with Crippen LogP contribution < -0.4 is 15.2 Å². The quantitative estimate of drug-likeness (QED) is 0.577. The second-order valence-electron chi connectivity index (χ2n) is 5.25. The lowest BCUT2D eigenvalue weighted by Gasteiger charge is -2.07. The van der Waals surface area contributed by atoms with Crippen LogP contribution in [-0.2, 0) is 21.4 Å². The van der Waals surface area contributed by atoms with E-state index in [0.29, 0.717) is 11.6 Å². The maximum Gasteiger partial charge on any atom is 0.255 e. The first kappa shape index (κ1) is 16.9. The van der Waals surface area contributed by atoms with Gasteiger partial charge in [-0.15, -0.1) is 0 Å². The van der Waals surface area contributed by atoms with Gasteiger partial charge in [-0.05, 0) is 36.4 Å². The van der Waals surface area contributed by atoms with E-state index in [1.54, 1.807) is 0 Å². The maximum absolute atomic E-state index is 12.3. The van der Waals surface area contributed by atoms with Crippen molar-refractivity contribution >= 4 is 27.0 Å². The molecule has 2 aromatic carbocycles. The number of H-pyrrole nitrogens is 1. The van der Waals surface area contributed by atoms with E-state index < -0.39 is 15.9 Å². The highest BCUT2D eigenvalue weighted by Crippen LogP contribution is 2.16. The number of nitrogens with one attached hydrogen (secondary N) is 2. The number of benzene rings is 2. The second kappa shape index (κ2) is 6.91. The molecule has 8 nitrogen and oxygen atoms in total. The number of hydrogen-bond donors (Lipinski definition) is 3. The Labute approximate surface area is 144 Å². The van der Waals surface area contributed by atoms with Gasteiger partial charge in [-0.2, -0.15) is 0 Å². The number of para-hydroxylation sites is 2. The zero-order valence-corrected chi connectivity index (χ0v) is 13.9. The number of nitrogens with two attached hydrogens (primary N) is 1. The van der Waals surface area contributed by atoms with Gasteiger partial charge in [-0.3, -0.25) is 4.79 Å². The normalized spacial score (nSPS) is 11.5. The van der Waals surface area contributed by atoms with Crippen molar-refractivity contribution in [2.75, 3.05) is 6.61 Å². The van der Waals surface area contributed by atoms with Crippen molar-refractivity contribution < 1.29 is 17.9 Å². The van der Waals surface area contributed by atoms with Gasteiger partial charge in [0.25, 0.3) is 5.91 Å². The fourth-order valence-electron chi connectivity index (χ4n) is 2.21. The molecule has 1 heterocycles. The third-order valence-electron chi connectivity index (χ3n) is 3.38. The minimum atomic E-state index is -3.70. The highest BCUT2D eigenvalue weighted by Gasteiger charge is 2.15. The summed E-state index contributed by atoms with van der Waals surface area (Å²) in [5.41, 5.74) is 6.59. The minimum absolute atomic E-state index is 0.0386. The van der Waals surface area contributed by atoms with Crippen molar-refractivity contribution in [1.29, 1.82) is 0 Å². The molecule has 0 unspecified atom stereocenters. The van der Waals surface area contributed by atoms with Gasteiger partial charge in [0.05, 0.1) is 22.5 Å². The van der Waals surface area contributed by atoms with Crippen LogP contribution in [0.4, 0.5) is 0 Å². The summed E-state index contributed by atoms with van der Waals surface area (Å²) in [7, 11) is -3.70. The van der Waals surface area contributed by atoms with E-state index >= 15 is 0 Å². The van der Waals surface area contributed by atoms with Crippen molar-refractivity contribution in [2.24, 2.45) is 5.73 Å². The van der Waals surface area contributed by atoms with Crippen molar-refractivity contribution in [3.05, 3.63) is 54.4 Å². The zero-order chi connectivity index (χ0) is 17.9. The molecule has 0 fully saturated rings. The molecule has 0 saturated heterocycles. The Hall–Kier alpha value is -2.91. The molecule has 1 amide bonds. The molecule has 0 bridgehead atoms. The Morgan fingerprint density at radius 2 is 1.88 bits per heavy atom. The number of fused-ring (bicyclic) bond motifs is 1. The van der Waals surface area contributed by atoms with Crippen molar-refractivity contribution in [1.82, 2.24) is 14.7 Å². The Morgan fingerprint density at radius 1 is 1.16 bits per heavy atom. The summed E-state index contributed by atoms with van der Waals surface area (Å²) in [6.07, 6.45) is 0. The van der Waals surface area contributed by atoms with E-state index in [-0.39, 0.29) is 18.0 Å². The maximum atomic E-state index is 12.3. The van der Waals surface area contributed by atoms with Crippen LogP contribution in [0.3, 0.4) is 0 Å². The number of rotatable bonds is 7. The highest BCUT2D eigenvalue weighted by molar-refractivity contribution is 7.89. The van der Waals surface area contributed by atoms with E-state index in [1.165, 1.54) is 24.3 Å². The smallest absolute Gasteiger partial charge is 0.255 e. The molecule has 130 valence electrons. The average molecular weight is 360 g/mol. The third kappa shape index (κ3) is 4.14. The summed E-state index contributed by atoms with van der Waals surface area (Å²) in [5, 5.41) is 0. The molecule has 0 saturated carbocycles. The molecule has 3 rings (SSSR count). The van der Waals surface area contributed by atoms with Crippen molar-refractivity contribution in [2.45, 2.75) is 11.4 Å². The Bertz CT molecular complexity index is 963. The SMILES string of the molecule is NC(=O)COc1ccc(S(=O)(=O)NCc2nc3ccccc3[nH]2)cc1. The molecule has 9 heteroatoms. The summed E-state index contributed by atoms with van der Waals surface area (Å²) in [6.45, 7) is -0.229. The number of aromatic nitrogens is 2. The van der Waals surface area contributed by atoms with Gasteiger partial charge >= 0.3 is 0 Å². The van der Waals surface area contributed by atoms with E-state index in [0.717, 1.165) is 11.0 Å². The molecule has 0 aliphatic rings. The number of imidazole rings is 1. The first-order valence-corrected chi connectivity index (χ1v) is 8.87. The summed E-state index contributed by atoms with van der Waals surface area (Å²) >= 11 is 0. The Kier molecular flexibility index (Phi) is 4.68. The summed E-state index contributed by atoms with van der Waals surface area (Å²) in [4.78, 5) is 18.1. The number of ether oxygens (including phenoxy) is 1. The van der Waals surface area contributed by atoms with Gasteiger partial charge in [-0.1, -0.05) is 12.1 Å². The van der Waals surface area contributed by atoms with Gasteiger partial charge in [0, 0.05) is 0 Å². The van der Waals surface area contributed by atoms with Crippen LogP contribution in [0.15, 0.2) is 53.4 Å². The van der Waals surface area contributed by atoms with Crippen LogP contribution >= 0.6 is 0 Å². The average Bonchev–Trinajstić information content (AvgIpc) is 3.02. The van der Waals surface area contributed by atoms with E-state index in [9.17, 15) is 13.2 Å². The molecule has 0 atom stereocenters. The molecule has 0 radical (unpaired) electrons. The largest absolute Gasteiger partial charge is 0.484 e. The molecule has 4 N–H and O–H groups in total. The van der Waals surface area contributed by atoms with Gasteiger partial charge in [-0.25, -0.2) is 18.1 Å². The Morgan fingerprint density at radius 3 is 2.56 bits per heavy atom. The monoisotopic (exact) mass is 360 g/mol. The van der Waals surface area contributed by atoms with Crippen LogP contribution in [0.1, 0.15) is 5.82 Å². The van der Waals surface area contributed by atoms with Gasteiger partial charge < -0.3 is 15.5 Å². The molecule has 25 heavy (non-hydrogen) atoms. The van der Waals surface area contributed by atoms with Crippen LogP contribution in [0.25, 0.3) is 11.0 Å². The molecule has 0 aliphatic heterocycles. The zero-order valence-electron chi connectivity index (χ0n) is 13.1. The van der Waals surface area contributed by atoms with Crippen molar-refractivity contribution in [3.63, 3.8) is 0 Å². The van der Waals surface area contributed by atoms with Crippen LogP contribution in [0, 0.1) is 0 Å². The van der Waals surface area contributed by atoms with E-state index in [1.807, 2.05) is 24.3 Å². The van der Waals surface area contributed by atoms with Crippen LogP contribution in [-0.4, -0.2) is 30.9 Å². The molecule has 1 aromatic heterocycles. The number of carbonyl (C=O) groups excluding carboxylic acids is 1. The number of aromatic amines is 1. The lowest BCUT2D eigenvalue weighted by molar-refractivity contribution is -0.119. The first-order chi connectivity index (χ1) is 11.9. The number of hydrogen-bond acceptors (Lipinski definition) is 5. The summed E-state index contributed by atoms with van der Waals surface area (Å²) < 4.78 is 32.2. The standard InChI is InChI=1S/C16H16N4O4S/c17-15(21)10-24-11-5-7-12(8-6-11)25(22,23)18-9-16-19-13-3-1-2-4-14(13)20-16/h1-8,18H,9-10H2,(H2,17,21)(H,19,20). The third-order valence-corrected chi connectivity index (χ3v) is 4.80. The molecule has 3 aromatic rings. The topological polar surface area (TPSA) is 127 Å². The Balaban J connectivity index is 1.67. The van der Waals surface area contributed by atoms with Gasteiger partial charge in [0.15, 0.2) is 6.61 Å². The van der Waals surface area contributed by atoms with E-state index in [4.69, 9.17) is 10.5 Å². The van der Waals surface area contributed by atoms with Crippen molar-refractivity contribution in [3.8, 4) is 5.75 Å². The number of primary amides is 1. The fourth-order valence-corrected chi connectivity index (χ4v) is 3.19. The molecular formula is C16H16N4O4S. The first-order valence-electron chi connectivity index (χ1n) is 7.38. The number of carbonyl (C=O) groups is 1. The second-order valence-corrected chi connectivity index (χ2v) is 7.02.